The molecule has 3 rings (SSSR count). The molecule has 126 valence electrons. The van der Waals surface area contributed by atoms with Crippen molar-refractivity contribution in [3.63, 3.8) is 0 Å². The normalized spacial score (nSPS) is 12.7. The van der Waals surface area contributed by atoms with E-state index in [4.69, 9.17) is 10.3 Å². The quantitative estimate of drug-likeness (QED) is 0.776. The van der Waals surface area contributed by atoms with E-state index >= 15 is 0 Å². The Labute approximate surface area is 141 Å². The molecule has 2 heterocycles. The fourth-order valence-corrected chi connectivity index (χ4v) is 2.71. The molecule has 24 heavy (non-hydrogen) atoms. The third-order valence-electron chi connectivity index (χ3n) is 4.12. The second-order valence-electron chi connectivity index (χ2n) is 5.95. The molecule has 1 aromatic carbocycles. The minimum Gasteiger partial charge on any atom is -0.383 e. The van der Waals surface area contributed by atoms with Gasteiger partial charge in [-0.3, -0.25) is 4.90 Å². The van der Waals surface area contributed by atoms with Crippen LogP contribution in [0.3, 0.4) is 0 Å². The Hall–Kier alpha value is -2.67. The highest BCUT2D eigenvalue weighted by atomic mass is 16.5. The second kappa shape index (κ2) is 6.45. The maximum atomic E-state index is 6.22. The van der Waals surface area contributed by atoms with Crippen molar-refractivity contribution in [2.75, 3.05) is 19.8 Å². The standard InChI is InChI=1S/C17H22N6O/c1-5-13(22(3)4)17-19-16(21-24-17)14-11(2)15(18)23(20-14)12-9-7-6-8-10-12/h6-10,13H,5,18H2,1-4H3/t13-/m0/s1. The van der Waals surface area contributed by atoms with Gasteiger partial charge in [0.1, 0.15) is 11.5 Å². The molecule has 2 N–H and O–H groups in total. The Morgan fingerprint density at radius 1 is 1.25 bits per heavy atom. The largest absolute Gasteiger partial charge is 0.383 e. The van der Waals surface area contributed by atoms with Crippen molar-refractivity contribution in [2.45, 2.75) is 26.3 Å². The van der Waals surface area contributed by atoms with Gasteiger partial charge in [0.15, 0.2) is 0 Å². The lowest BCUT2D eigenvalue weighted by Gasteiger charge is -2.17. The molecular formula is C17H22N6O. The molecule has 0 saturated carbocycles. The van der Waals surface area contributed by atoms with Crippen LogP contribution in [0.25, 0.3) is 17.2 Å². The smallest absolute Gasteiger partial charge is 0.244 e. The predicted octanol–water partition coefficient (Wildman–Crippen LogP) is 2.83. The van der Waals surface area contributed by atoms with Crippen LogP contribution in [0.5, 0.6) is 0 Å². The summed E-state index contributed by atoms with van der Waals surface area (Å²) in [5.41, 5.74) is 8.59. The molecule has 0 saturated heterocycles. The number of benzene rings is 1. The van der Waals surface area contributed by atoms with Gasteiger partial charge in [0.25, 0.3) is 0 Å². The monoisotopic (exact) mass is 326 g/mol. The van der Waals surface area contributed by atoms with Crippen LogP contribution in [-0.4, -0.2) is 38.9 Å². The minimum absolute atomic E-state index is 0.0834. The zero-order valence-corrected chi connectivity index (χ0v) is 14.4. The molecule has 0 aliphatic rings. The number of nitrogens with zero attached hydrogens (tertiary/aromatic N) is 5. The lowest BCUT2D eigenvalue weighted by atomic mass is 10.2. The SMILES string of the molecule is CC[C@@H](c1nc(-c2nn(-c3ccccc3)c(N)c2C)no1)N(C)C. The molecule has 7 heteroatoms. The summed E-state index contributed by atoms with van der Waals surface area (Å²) in [6, 6.07) is 9.83. The van der Waals surface area contributed by atoms with E-state index in [0.29, 0.717) is 23.2 Å². The van der Waals surface area contributed by atoms with Gasteiger partial charge in [0.05, 0.1) is 11.7 Å². The minimum atomic E-state index is 0.0834. The maximum Gasteiger partial charge on any atom is 0.244 e. The summed E-state index contributed by atoms with van der Waals surface area (Å²) in [4.78, 5) is 6.59. The second-order valence-corrected chi connectivity index (χ2v) is 5.95. The van der Waals surface area contributed by atoms with E-state index in [9.17, 15) is 0 Å². The number of anilines is 1. The van der Waals surface area contributed by atoms with Crippen LogP contribution >= 0.6 is 0 Å². The Kier molecular flexibility index (Phi) is 4.35. The molecule has 0 aliphatic carbocycles. The molecule has 3 aromatic rings. The van der Waals surface area contributed by atoms with Gasteiger partial charge in [-0.1, -0.05) is 30.3 Å². The molecule has 0 bridgehead atoms. The zero-order valence-electron chi connectivity index (χ0n) is 14.4. The molecule has 0 fully saturated rings. The van der Waals surface area contributed by atoms with E-state index in [-0.39, 0.29) is 6.04 Å². The predicted molar refractivity (Wildman–Crippen MR) is 92.7 cm³/mol. The van der Waals surface area contributed by atoms with Gasteiger partial charge >= 0.3 is 0 Å². The molecule has 1 atom stereocenters. The van der Waals surface area contributed by atoms with Gasteiger partial charge in [-0.05, 0) is 39.6 Å². The fraction of sp³-hybridized carbons (Fsp3) is 0.353. The first kappa shape index (κ1) is 16.2. The Bertz CT molecular complexity index is 821. The molecule has 2 aromatic heterocycles. The van der Waals surface area contributed by atoms with E-state index < -0.39 is 0 Å². The Morgan fingerprint density at radius 3 is 2.58 bits per heavy atom. The van der Waals surface area contributed by atoms with Crippen LogP contribution in [0.2, 0.25) is 0 Å². The number of nitrogen functional groups attached to an aromatic ring is 1. The average Bonchev–Trinajstić information content (AvgIpc) is 3.15. The van der Waals surface area contributed by atoms with Crippen molar-refractivity contribution in [3.05, 3.63) is 41.8 Å². The molecule has 0 radical (unpaired) electrons. The highest BCUT2D eigenvalue weighted by Crippen LogP contribution is 2.28. The van der Waals surface area contributed by atoms with Crippen molar-refractivity contribution in [3.8, 4) is 17.2 Å². The number of aromatic nitrogens is 4. The summed E-state index contributed by atoms with van der Waals surface area (Å²) in [7, 11) is 3.98. The van der Waals surface area contributed by atoms with Crippen molar-refractivity contribution >= 4 is 5.82 Å². The number of rotatable bonds is 5. The number of hydrogen-bond donors (Lipinski definition) is 1. The molecule has 0 aliphatic heterocycles. The first-order valence-electron chi connectivity index (χ1n) is 7.93. The fourth-order valence-electron chi connectivity index (χ4n) is 2.71. The van der Waals surface area contributed by atoms with E-state index in [1.54, 1.807) is 4.68 Å². The van der Waals surface area contributed by atoms with Crippen LogP contribution in [0.1, 0.15) is 30.8 Å². The van der Waals surface area contributed by atoms with Crippen LogP contribution in [0.15, 0.2) is 34.9 Å². The molecule has 0 spiro atoms. The first-order chi connectivity index (χ1) is 11.5. The summed E-state index contributed by atoms with van der Waals surface area (Å²) in [6.45, 7) is 4.00. The van der Waals surface area contributed by atoms with E-state index in [1.165, 1.54) is 0 Å². The summed E-state index contributed by atoms with van der Waals surface area (Å²) in [5, 5.41) is 8.69. The lowest BCUT2D eigenvalue weighted by Crippen LogP contribution is -2.19. The van der Waals surface area contributed by atoms with Gasteiger partial charge < -0.3 is 10.3 Å². The third kappa shape index (κ3) is 2.78. The maximum absolute atomic E-state index is 6.22. The third-order valence-corrected chi connectivity index (χ3v) is 4.12. The molecular weight excluding hydrogens is 304 g/mol. The topological polar surface area (TPSA) is 86.0 Å². The van der Waals surface area contributed by atoms with Gasteiger partial charge in [-0.25, -0.2) is 4.68 Å². The molecule has 0 unspecified atom stereocenters. The number of nitrogens with two attached hydrogens (primary N) is 1. The Morgan fingerprint density at radius 2 is 1.96 bits per heavy atom. The van der Waals surface area contributed by atoms with E-state index in [2.05, 4.69) is 27.1 Å². The molecule has 0 amide bonds. The van der Waals surface area contributed by atoms with Crippen molar-refractivity contribution in [1.29, 1.82) is 0 Å². The van der Waals surface area contributed by atoms with Gasteiger partial charge in [-0.2, -0.15) is 10.1 Å². The van der Waals surface area contributed by atoms with Crippen LogP contribution in [-0.2, 0) is 0 Å². The van der Waals surface area contributed by atoms with Crippen molar-refractivity contribution in [1.82, 2.24) is 24.8 Å². The highest BCUT2D eigenvalue weighted by molar-refractivity contribution is 5.63. The van der Waals surface area contributed by atoms with Crippen molar-refractivity contribution < 1.29 is 4.52 Å². The van der Waals surface area contributed by atoms with E-state index in [1.807, 2.05) is 51.4 Å². The van der Waals surface area contributed by atoms with Gasteiger partial charge in [0, 0.05) is 5.56 Å². The number of para-hydroxylation sites is 1. The first-order valence-corrected chi connectivity index (χ1v) is 7.93. The number of hydrogen-bond acceptors (Lipinski definition) is 6. The van der Waals surface area contributed by atoms with Crippen LogP contribution < -0.4 is 5.73 Å². The summed E-state index contributed by atoms with van der Waals surface area (Å²) in [6.07, 6.45) is 0.883. The van der Waals surface area contributed by atoms with Crippen LogP contribution in [0.4, 0.5) is 5.82 Å². The van der Waals surface area contributed by atoms with Crippen LogP contribution in [0, 0.1) is 6.92 Å². The summed E-state index contributed by atoms with van der Waals surface area (Å²) < 4.78 is 7.15. The lowest BCUT2D eigenvalue weighted by molar-refractivity contribution is 0.224. The highest BCUT2D eigenvalue weighted by Gasteiger charge is 2.23. The van der Waals surface area contributed by atoms with Crippen molar-refractivity contribution in [2.24, 2.45) is 0 Å². The molecule has 7 nitrogen and oxygen atoms in total. The van der Waals surface area contributed by atoms with E-state index in [0.717, 1.165) is 17.7 Å². The summed E-state index contributed by atoms with van der Waals surface area (Å²) in [5.74, 6) is 1.62. The van der Waals surface area contributed by atoms with Gasteiger partial charge in [0.2, 0.25) is 11.7 Å². The average molecular weight is 326 g/mol. The zero-order chi connectivity index (χ0) is 17.3. The Balaban J connectivity index is 2.01. The summed E-state index contributed by atoms with van der Waals surface area (Å²) >= 11 is 0. The van der Waals surface area contributed by atoms with Gasteiger partial charge in [-0.15, -0.1) is 0 Å².